The van der Waals surface area contributed by atoms with Crippen LogP contribution in [0.1, 0.15) is 6.92 Å². The van der Waals surface area contributed by atoms with Crippen molar-refractivity contribution >= 4 is 11.9 Å². The molecule has 5 nitrogen and oxygen atoms in total. The predicted molar refractivity (Wildman–Crippen MR) is 51.1 cm³/mol. The van der Waals surface area contributed by atoms with Crippen LogP contribution >= 0.6 is 0 Å². The second-order valence-corrected chi connectivity index (χ2v) is 3.47. The average molecular weight is 254 g/mol. The summed E-state index contributed by atoms with van der Waals surface area (Å²) >= 11 is 0. The lowest BCUT2D eigenvalue weighted by Gasteiger charge is -2.34. The molecule has 0 saturated carbocycles. The highest BCUT2D eigenvalue weighted by atomic mass is 19.4. The first-order valence-electron chi connectivity index (χ1n) is 5.13. The van der Waals surface area contributed by atoms with Gasteiger partial charge in [0.25, 0.3) is 0 Å². The molecule has 1 rings (SSSR count). The van der Waals surface area contributed by atoms with Gasteiger partial charge in [-0.2, -0.15) is 13.2 Å². The van der Waals surface area contributed by atoms with E-state index in [4.69, 9.17) is 0 Å². The van der Waals surface area contributed by atoms with Gasteiger partial charge in [0, 0.05) is 19.6 Å². The SMILES string of the molecule is CCOC(=O)C1CNCCN1C(=O)C(F)(F)F. The van der Waals surface area contributed by atoms with Gasteiger partial charge in [-0.3, -0.25) is 4.79 Å². The lowest BCUT2D eigenvalue weighted by molar-refractivity contribution is -0.191. The number of hydrogen-bond donors (Lipinski definition) is 1. The summed E-state index contributed by atoms with van der Waals surface area (Å²) in [5.74, 6) is -2.82. The molecule has 1 amide bonds. The quantitative estimate of drug-likeness (QED) is 0.700. The average Bonchev–Trinajstić information content (AvgIpc) is 2.27. The summed E-state index contributed by atoms with van der Waals surface area (Å²) in [5.41, 5.74) is 0. The van der Waals surface area contributed by atoms with E-state index < -0.39 is 24.1 Å². The van der Waals surface area contributed by atoms with Gasteiger partial charge >= 0.3 is 18.1 Å². The number of esters is 1. The molecule has 0 aromatic heterocycles. The van der Waals surface area contributed by atoms with Gasteiger partial charge in [-0.1, -0.05) is 0 Å². The third-order valence-electron chi connectivity index (χ3n) is 2.31. The molecule has 0 aromatic rings. The summed E-state index contributed by atoms with van der Waals surface area (Å²) in [5, 5.41) is 2.75. The summed E-state index contributed by atoms with van der Waals surface area (Å²) in [6.45, 7) is 1.63. The van der Waals surface area contributed by atoms with Crippen LogP contribution in [0.2, 0.25) is 0 Å². The van der Waals surface area contributed by atoms with E-state index in [9.17, 15) is 22.8 Å². The normalized spacial score (nSPS) is 21.2. The minimum absolute atomic E-state index is 0.0271. The Labute approximate surface area is 95.9 Å². The summed E-state index contributed by atoms with van der Waals surface area (Å²) in [6.07, 6.45) is -4.97. The van der Waals surface area contributed by atoms with Gasteiger partial charge in [0.05, 0.1) is 6.61 Å². The Morgan fingerprint density at radius 3 is 2.65 bits per heavy atom. The fourth-order valence-corrected chi connectivity index (χ4v) is 1.56. The standard InChI is InChI=1S/C9H13F3N2O3/c1-2-17-7(15)6-5-13-3-4-14(6)8(16)9(10,11)12/h6,13H,2-5H2,1H3. The highest BCUT2D eigenvalue weighted by Gasteiger charge is 2.47. The van der Waals surface area contributed by atoms with E-state index in [0.717, 1.165) is 0 Å². The van der Waals surface area contributed by atoms with E-state index in [0.29, 0.717) is 4.90 Å². The molecule has 0 radical (unpaired) electrons. The molecule has 1 aliphatic rings. The Morgan fingerprint density at radius 2 is 2.12 bits per heavy atom. The highest BCUT2D eigenvalue weighted by molar-refractivity contribution is 5.88. The first kappa shape index (κ1) is 13.8. The zero-order valence-electron chi connectivity index (χ0n) is 9.21. The van der Waals surface area contributed by atoms with Crippen LogP contribution in [0.15, 0.2) is 0 Å². The molecule has 1 unspecified atom stereocenters. The molecule has 1 fully saturated rings. The van der Waals surface area contributed by atoms with E-state index in [2.05, 4.69) is 10.1 Å². The summed E-state index contributed by atoms with van der Waals surface area (Å²) in [6, 6.07) is -1.21. The van der Waals surface area contributed by atoms with Gasteiger partial charge in [-0.05, 0) is 6.92 Å². The number of alkyl halides is 3. The highest BCUT2D eigenvalue weighted by Crippen LogP contribution is 2.21. The number of hydrogen-bond acceptors (Lipinski definition) is 4. The third kappa shape index (κ3) is 3.32. The van der Waals surface area contributed by atoms with Crippen molar-refractivity contribution in [3.8, 4) is 0 Å². The number of rotatable bonds is 2. The summed E-state index contributed by atoms with van der Waals surface area (Å²) in [7, 11) is 0. The molecular formula is C9H13F3N2O3. The van der Waals surface area contributed by atoms with E-state index >= 15 is 0 Å². The molecule has 98 valence electrons. The second kappa shape index (κ2) is 5.35. The van der Waals surface area contributed by atoms with Crippen molar-refractivity contribution < 1.29 is 27.5 Å². The lowest BCUT2D eigenvalue weighted by Crippen LogP contribution is -2.60. The Morgan fingerprint density at radius 1 is 1.47 bits per heavy atom. The Balaban J connectivity index is 2.79. The van der Waals surface area contributed by atoms with Gasteiger partial charge in [0.2, 0.25) is 0 Å². The van der Waals surface area contributed by atoms with Crippen LogP contribution in [-0.4, -0.2) is 55.2 Å². The number of nitrogens with one attached hydrogen (secondary N) is 1. The fourth-order valence-electron chi connectivity index (χ4n) is 1.56. The predicted octanol–water partition coefficient (Wildman–Crippen LogP) is -0.0878. The number of amides is 1. The molecule has 0 aliphatic carbocycles. The molecule has 1 heterocycles. The molecule has 0 bridgehead atoms. The number of piperazine rings is 1. The van der Waals surface area contributed by atoms with Crippen LogP contribution in [0.5, 0.6) is 0 Å². The van der Waals surface area contributed by atoms with Crippen molar-refractivity contribution in [1.82, 2.24) is 10.2 Å². The zero-order valence-corrected chi connectivity index (χ0v) is 9.21. The molecule has 1 atom stereocenters. The largest absolute Gasteiger partial charge is 0.471 e. The van der Waals surface area contributed by atoms with Crippen molar-refractivity contribution in [2.75, 3.05) is 26.2 Å². The van der Waals surface area contributed by atoms with E-state index in [1.807, 2.05) is 0 Å². The molecule has 1 saturated heterocycles. The van der Waals surface area contributed by atoms with Crippen LogP contribution in [0.3, 0.4) is 0 Å². The van der Waals surface area contributed by atoms with E-state index in [1.165, 1.54) is 0 Å². The van der Waals surface area contributed by atoms with Crippen molar-refractivity contribution in [2.24, 2.45) is 0 Å². The van der Waals surface area contributed by atoms with E-state index in [1.54, 1.807) is 6.92 Å². The monoisotopic (exact) mass is 254 g/mol. The number of carbonyl (C=O) groups excluding carboxylic acids is 2. The van der Waals surface area contributed by atoms with Gasteiger partial charge in [0.15, 0.2) is 0 Å². The molecule has 0 aromatic carbocycles. The van der Waals surface area contributed by atoms with Crippen LogP contribution < -0.4 is 5.32 Å². The first-order valence-corrected chi connectivity index (χ1v) is 5.13. The van der Waals surface area contributed by atoms with Crippen molar-refractivity contribution in [3.63, 3.8) is 0 Å². The van der Waals surface area contributed by atoms with Gasteiger partial charge in [0.1, 0.15) is 6.04 Å². The number of carbonyl (C=O) groups is 2. The van der Waals surface area contributed by atoms with Crippen LogP contribution in [0.25, 0.3) is 0 Å². The number of nitrogens with zero attached hydrogens (tertiary/aromatic N) is 1. The van der Waals surface area contributed by atoms with Crippen LogP contribution in [-0.2, 0) is 14.3 Å². The third-order valence-corrected chi connectivity index (χ3v) is 2.31. The maximum absolute atomic E-state index is 12.3. The smallest absolute Gasteiger partial charge is 0.464 e. The van der Waals surface area contributed by atoms with Crippen molar-refractivity contribution in [2.45, 2.75) is 19.1 Å². The second-order valence-electron chi connectivity index (χ2n) is 3.47. The Kier molecular flexibility index (Phi) is 4.33. The molecule has 8 heteroatoms. The summed E-state index contributed by atoms with van der Waals surface area (Å²) < 4.78 is 41.5. The van der Waals surface area contributed by atoms with Crippen molar-refractivity contribution in [1.29, 1.82) is 0 Å². The molecule has 1 aliphatic heterocycles. The number of ether oxygens (including phenoxy) is 1. The molecule has 0 spiro atoms. The van der Waals surface area contributed by atoms with E-state index in [-0.39, 0.29) is 26.2 Å². The topological polar surface area (TPSA) is 58.6 Å². The molecule has 1 N–H and O–H groups in total. The molecular weight excluding hydrogens is 241 g/mol. The Bertz CT molecular complexity index is 306. The zero-order chi connectivity index (χ0) is 13.1. The van der Waals surface area contributed by atoms with Gasteiger partial charge < -0.3 is 15.0 Å². The maximum Gasteiger partial charge on any atom is 0.471 e. The maximum atomic E-state index is 12.3. The summed E-state index contributed by atoms with van der Waals surface area (Å²) in [4.78, 5) is 23.0. The van der Waals surface area contributed by atoms with Crippen LogP contribution in [0.4, 0.5) is 13.2 Å². The lowest BCUT2D eigenvalue weighted by atomic mass is 10.2. The minimum Gasteiger partial charge on any atom is -0.464 e. The number of halogens is 3. The van der Waals surface area contributed by atoms with Gasteiger partial charge in [-0.15, -0.1) is 0 Å². The van der Waals surface area contributed by atoms with Gasteiger partial charge in [-0.25, -0.2) is 4.79 Å². The molecule has 17 heavy (non-hydrogen) atoms. The fraction of sp³-hybridized carbons (Fsp3) is 0.778. The first-order chi connectivity index (χ1) is 7.88. The minimum atomic E-state index is -4.97. The van der Waals surface area contributed by atoms with Crippen molar-refractivity contribution in [3.05, 3.63) is 0 Å². The Hall–Kier alpha value is -1.31. The van der Waals surface area contributed by atoms with Crippen LogP contribution in [0, 0.1) is 0 Å².